The van der Waals surface area contributed by atoms with Crippen molar-refractivity contribution in [1.82, 2.24) is 0 Å². The monoisotopic (exact) mass is 329 g/mol. The van der Waals surface area contributed by atoms with Crippen LogP contribution in [-0.2, 0) is 4.74 Å². The minimum atomic E-state index is -0.281. The van der Waals surface area contributed by atoms with Crippen molar-refractivity contribution in [3.05, 3.63) is 34.1 Å². The molecule has 0 spiro atoms. The van der Waals surface area contributed by atoms with E-state index in [1.165, 1.54) is 12.1 Å². The average molecular weight is 330 g/mol. The molecule has 0 bridgehead atoms. The number of benzene rings is 1. The van der Waals surface area contributed by atoms with Crippen molar-refractivity contribution in [2.75, 3.05) is 0 Å². The molecular weight excluding hydrogens is 309 g/mol. The number of hydrogen-bond acceptors (Lipinski definition) is 2. The molecule has 1 saturated heterocycles. The second-order valence-electron chi connectivity index (χ2n) is 6.47. The topological polar surface area (TPSA) is 35.2 Å². The lowest BCUT2D eigenvalue weighted by molar-refractivity contribution is -0.0767. The largest absolute Gasteiger partial charge is 0.369 e. The summed E-state index contributed by atoms with van der Waals surface area (Å²) in [4.78, 5) is 0. The fourth-order valence-corrected chi connectivity index (χ4v) is 3.77. The Kier molecular flexibility index (Phi) is 3.80. The van der Waals surface area contributed by atoms with Crippen molar-refractivity contribution < 1.29 is 9.13 Å². The summed E-state index contributed by atoms with van der Waals surface area (Å²) in [6.07, 6.45) is 0.894. The number of nitrogens with two attached hydrogens (primary N) is 1. The Bertz CT molecular complexity index is 487. The zero-order valence-electron chi connectivity index (χ0n) is 11.8. The van der Waals surface area contributed by atoms with Crippen LogP contribution in [0, 0.1) is 11.7 Å². The highest BCUT2D eigenvalue weighted by atomic mass is 79.9. The Balaban J connectivity index is 2.31. The molecule has 1 heterocycles. The van der Waals surface area contributed by atoms with Crippen LogP contribution in [0.1, 0.15) is 45.7 Å². The first kappa shape index (κ1) is 14.9. The number of hydrogen-bond donors (Lipinski definition) is 1. The van der Waals surface area contributed by atoms with Crippen molar-refractivity contribution in [2.24, 2.45) is 11.7 Å². The molecule has 1 aliphatic rings. The van der Waals surface area contributed by atoms with Crippen molar-refractivity contribution in [3.63, 3.8) is 0 Å². The molecule has 1 aromatic carbocycles. The Morgan fingerprint density at radius 3 is 2.47 bits per heavy atom. The highest BCUT2D eigenvalue weighted by molar-refractivity contribution is 9.10. The minimum absolute atomic E-state index is 0.168. The summed E-state index contributed by atoms with van der Waals surface area (Å²) in [6.45, 7) is 8.32. The first-order valence-corrected chi connectivity index (χ1v) is 7.32. The van der Waals surface area contributed by atoms with E-state index in [2.05, 4.69) is 43.6 Å². The summed E-state index contributed by atoms with van der Waals surface area (Å²) < 4.78 is 20.0. The third-order valence-electron chi connectivity index (χ3n) is 3.90. The number of ether oxygens (including phenoxy) is 1. The van der Waals surface area contributed by atoms with Crippen LogP contribution < -0.4 is 5.73 Å². The normalized spacial score (nSPS) is 26.4. The number of halogens is 2. The molecule has 2 N–H and O–H groups in total. The molecule has 0 saturated carbocycles. The van der Waals surface area contributed by atoms with Crippen LogP contribution in [0.5, 0.6) is 0 Å². The first-order chi connectivity index (χ1) is 8.62. The van der Waals surface area contributed by atoms with Gasteiger partial charge in [-0.1, -0.05) is 22.0 Å². The van der Waals surface area contributed by atoms with Crippen LogP contribution in [0.3, 0.4) is 0 Å². The Morgan fingerprint density at radius 2 is 2.00 bits per heavy atom. The maximum atomic E-state index is 13.2. The number of rotatable bonds is 2. The standard InChI is InChI=1S/C15H21BrFNO/c1-14(2)8-11(15(3,4)19-14)13(18)10-6-5-9(17)7-12(10)16/h5-7,11,13H,8,18H2,1-4H3. The van der Waals surface area contributed by atoms with Crippen molar-refractivity contribution in [3.8, 4) is 0 Å². The van der Waals surface area contributed by atoms with Gasteiger partial charge in [0.15, 0.2) is 0 Å². The maximum absolute atomic E-state index is 13.2. The molecule has 1 aromatic rings. The zero-order valence-corrected chi connectivity index (χ0v) is 13.4. The van der Waals surface area contributed by atoms with E-state index in [1.54, 1.807) is 6.07 Å². The van der Waals surface area contributed by atoms with Gasteiger partial charge in [-0.2, -0.15) is 0 Å². The molecule has 1 fully saturated rings. The molecular formula is C15H21BrFNO. The molecule has 106 valence electrons. The van der Waals surface area contributed by atoms with Crippen LogP contribution in [0.15, 0.2) is 22.7 Å². The molecule has 0 aliphatic carbocycles. The van der Waals surface area contributed by atoms with E-state index in [-0.39, 0.29) is 29.0 Å². The van der Waals surface area contributed by atoms with Crippen LogP contribution >= 0.6 is 15.9 Å². The lowest BCUT2D eigenvalue weighted by Crippen LogP contribution is -2.36. The third kappa shape index (κ3) is 3.01. The van der Waals surface area contributed by atoms with E-state index < -0.39 is 0 Å². The molecule has 2 rings (SSSR count). The SMILES string of the molecule is CC1(C)CC(C(N)c2ccc(F)cc2Br)C(C)(C)O1. The fraction of sp³-hybridized carbons (Fsp3) is 0.600. The molecule has 2 nitrogen and oxygen atoms in total. The lowest BCUT2D eigenvalue weighted by atomic mass is 9.79. The van der Waals surface area contributed by atoms with E-state index in [0.717, 1.165) is 16.5 Å². The molecule has 0 aromatic heterocycles. The van der Waals surface area contributed by atoms with Gasteiger partial charge in [-0.3, -0.25) is 0 Å². The summed E-state index contributed by atoms with van der Waals surface area (Å²) in [7, 11) is 0. The highest BCUT2D eigenvalue weighted by Gasteiger charge is 2.48. The van der Waals surface area contributed by atoms with Crippen LogP contribution in [0.2, 0.25) is 0 Å². The van der Waals surface area contributed by atoms with E-state index >= 15 is 0 Å². The van der Waals surface area contributed by atoms with Crippen molar-refractivity contribution in [1.29, 1.82) is 0 Å². The van der Waals surface area contributed by atoms with Crippen molar-refractivity contribution >= 4 is 15.9 Å². The van der Waals surface area contributed by atoms with Crippen LogP contribution in [0.25, 0.3) is 0 Å². The molecule has 4 heteroatoms. The Hall–Kier alpha value is -0.450. The molecule has 0 amide bonds. The highest BCUT2D eigenvalue weighted by Crippen LogP contribution is 2.47. The molecule has 19 heavy (non-hydrogen) atoms. The van der Waals surface area contributed by atoms with Crippen LogP contribution in [-0.4, -0.2) is 11.2 Å². The van der Waals surface area contributed by atoms with Gasteiger partial charge in [0, 0.05) is 16.4 Å². The summed E-state index contributed by atoms with van der Waals surface area (Å²) in [5.74, 6) is -0.0608. The van der Waals surface area contributed by atoms with Crippen LogP contribution in [0.4, 0.5) is 4.39 Å². The van der Waals surface area contributed by atoms with Gasteiger partial charge >= 0.3 is 0 Å². The van der Waals surface area contributed by atoms with Gasteiger partial charge < -0.3 is 10.5 Å². The van der Waals surface area contributed by atoms with Gasteiger partial charge in [-0.25, -0.2) is 4.39 Å². The fourth-order valence-electron chi connectivity index (χ4n) is 3.15. The summed E-state index contributed by atoms with van der Waals surface area (Å²) in [6, 6.07) is 4.49. The minimum Gasteiger partial charge on any atom is -0.369 e. The maximum Gasteiger partial charge on any atom is 0.124 e. The lowest BCUT2D eigenvalue weighted by Gasteiger charge is -2.31. The van der Waals surface area contributed by atoms with Gasteiger partial charge in [0.25, 0.3) is 0 Å². The van der Waals surface area contributed by atoms with E-state index in [1.807, 2.05) is 0 Å². The zero-order chi connectivity index (χ0) is 14.4. The van der Waals surface area contributed by atoms with Gasteiger partial charge in [-0.05, 0) is 51.8 Å². The quantitative estimate of drug-likeness (QED) is 0.883. The Morgan fingerprint density at radius 1 is 1.37 bits per heavy atom. The van der Waals surface area contributed by atoms with E-state index in [0.29, 0.717) is 0 Å². The van der Waals surface area contributed by atoms with Gasteiger partial charge in [0.2, 0.25) is 0 Å². The molecule has 1 aliphatic heterocycles. The molecule has 0 radical (unpaired) electrons. The van der Waals surface area contributed by atoms with E-state index in [9.17, 15) is 4.39 Å². The average Bonchev–Trinajstić information content (AvgIpc) is 2.45. The first-order valence-electron chi connectivity index (χ1n) is 6.53. The van der Waals surface area contributed by atoms with E-state index in [4.69, 9.17) is 10.5 Å². The summed E-state index contributed by atoms with van der Waals surface area (Å²) >= 11 is 3.40. The second-order valence-corrected chi connectivity index (χ2v) is 7.32. The second kappa shape index (κ2) is 4.83. The van der Waals surface area contributed by atoms with Gasteiger partial charge in [-0.15, -0.1) is 0 Å². The summed E-state index contributed by atoms with van der Waals surface area (Å²) in [5.41, 5.74) is 6.90. The van der Waals surface area contributed by atoms with Gasteiger partial charge in [0.05, 0.1) is 11.2 Å². The third-order valence-corrected chi connectivity index (χ3v) is 4.59. The smallest absolute Gasteiger partial charge is 0.124 e. The van der Waals surface area contributed by atoms with Gasteiger partial charge in [0.1, 0.15) is 5.82 Å². The molecule has 2 atom stereocenters. The molecule has 2 unspecified atom stereocenters. The summed E-state index contributed by atoms with van der Waals surface area (Å²) in [5, 5.41) is 0. The predicted molar refractivity (Wildman–Crippen MR) is 78.4 cm³/mol. The predicted octanol–water partition coefficient (Wildman–Crippen LogP) is 4.18. The Labute approximate surface area is 122 Å². The van der Waals surface area contributed by atoms with Crippen molar-refractivity contribution in [2.45, 2.75) is 51.4 Å².